The molecule has 1 aliphatic carbocycles. The van der Waals surface area contributed by atoms with Crippen molar-refractivity contribution in [2.45, 2.75) is 21.8 Å². The Morgan fingerprint density at radius 3 is 2.23 bits per heavy atom. The van der Waals surface area contributed by atoms with Gasteiger partial charge in [-0.15, -0.1) is 11.3 Å². The molecule has 1 heterocycles. The number of halogens is 8. The van der Waals surface area contributed by atoms with Crippen LogP contribution in [0, 0.1) is 0 Å². The quantitative estimate of drug-likeness (QED) is 0.306. The van der Waals surface area contributed by atoms with Crippen molar-refractivity contribution >= 4 is 86.8 Å². The number of hydrogen-bond acceptors (Lipinski definition) is 4. The van der Waals surface area contributed by atoms with E-state index in [0.29, 0.717) is 16.9 Å². The summed E-state index contributed by atoms with van der Waals surface area (Å²) in [7, 11) is 0. The van der Waals surface area contributed by atoms with Crippen LogP contribution >= 0.6 is 69.3 Å². The number of carbonyl (C=O) groups is 2. The lowest BCUT2D eigenvalue weighted by Gasteiger charge is -2.17. The van der Waals surface area contributed by atoms with Gasteiger partial charge in [-0.3, -0.25) is 9.59 Å². The van der Waals surface area contributed by atoms with E-state index >= 15 is 0 Å². The minimum Gasteiger partial charge on any atom is -0.369 e. The third-order valence-electron chi connectivity index (χ3n) is 5.50. The molecule has 2 amide bonds. The maximum Gasteiger partial charge on any atom is 0.434 e. The van der Waals surface area contributed by atoms with Gasteiger partial charge in [-0.1, -0.05) is 64.1 Å². The molecule has 4 rings (SSSR count). The van der Waals surface area contributed by atoms with Gasteiger partial charge < -0.3 is 11.1 Å². The Morgan fingerprint density at radius 2 is 1.69 bits per heavy atom. The zero-order valence-corrected chi connectivity index (χ0v) is 21.5. The van der Waals surface area contributed by atoms with Crippen LogP contribution in [-0.4, -0.2) is 21.1 Å². The standard InChI is InChI=1S/C21H11Cl5F3N3O2S/c22-10-3-8(4-11(23)6-10)15-19(18(30)34,20(15,25)26)9-1-2-12(24)13(5-9)31-16(33)17-32-14(7-35-17)21(27,28)29/h1-7,15H,(H2,30,34)(H,31,33). The summed E-state index contributed by atoms with van der Waals surface area (Å²) >= 11 is 32.1. The zero-order valence-electron chi connectivity index (χ0n) is 16.9. The Kier molecular flexibility index (Phi) is 6.75. The Hall–Kier alpha value is -1.75. The van der Waals surface area contributed by atoms with Crippen molar-refractivity contribution in [3.8, 4) is 0 Å². The molecule has 2 aromatic carbocycles. The molecule has 1 saturated carbocycles. The highest BCUT2D eigenvalue weighted by molar-refractivity contribution is 7.11. The summed E-state index contributed by atoms with van der Waals surface area (Å²) < 4.78 is 36.8. The summed E-state index contributed by atoms with van der Waals surface area (Å²) in [5.41, 5.74) is 3.56. The number of hydrogen-bond donors (Lipinski definition) is 2. The topological polar surface area (TPSA) is 85.1 Å². The number of nitrogens with one attached hydrogen (secondary N) is 1. The second-order valence-corrected chi connectivity index (χ2v) is 11.1. The monoisotopic (exact) mass is 601 g/mol. The number of thiazole rings is 1. The number of anilines is 1. The Labute approximate surface area is 225 Å². The lowest BCUT2D eigenvalue weighted by atomic mass is 9.89. The van der Waals surface area contributed by atoms with Gasteiger partial charge in [-0.05, 0) is 41.5 Å². The van der Waals surface area contributed by atoms with Crippen LogP contribution in [0.25, 0.3) is 0 Å². The fraction of sp³-hybridized carbons (Fsp3) is 0.190. The lowest BCUT2D eigenvalue weighted by Crippen LogP contribution is -2.34. The van der Waals surface area contributed by atoms with Crippen molar-refractivity contribution in [3.05, 3.63) is 78.7 Å². The van der Waals surface area contributed by atoms with E-state index in [0.717, 1.165) is 5.38 Å². The highest BCUT2D eigenvalue weighted by atomic mass is 35.5. The lowest BCUT2D eigenvalue weighted by molar-refractivity contribution is -0.140. The molecule has 0 radical (unpaired) electrons. The van der Waals surface area contributed by atoms with Crippen LogP contribution in [0.5, 0.6) is 0 Å². The number of aromatic nitrogens is 1. The van der Waals surface area contributed by atoms with E-state index in [1.54, 1.807) is 12.1 Å². The Balaban J connectivity index is 1.72. The molecule has 184 valence electrons. The number of nitrogens with zero attached hydrogens (tertiary/aromatic N) is 1. The van der Waals surface area contributed by atoms with E-state index in [9.17, 15) is 22.8 Å². The minimum absolute atomic E-state index is 0.0162. The number of carbonyl (C=O) groups excluding carboxylic acids is 2. The molecule has 0 aliphatic heterocycles. The normalized spacial score (nSPS) is 21.0. The molecule has 5 nitrogen and oxygen atoms in total. The van der Waals surface area contributed by atoms with Gasteiger partial charge in [-0.25, -0.2) is 4.98 Å². The number of nitrogens with two attached hydrogens (primary N) is 1. The first-order valence-electron chi connectivity index (χ1n) is 9.47. The largest absolute Gasteiger partial charge is 0.434 e. The van der Waals surface area contributed by atoms with Crippen molar-refractivity contribution in [1.82, 2.24) is 4.98 Å². The number of alkyl halides is 5. The molecule has 0 bridgehead atoms. The van der Waals surface area contributed by atoms with E-state index in [1.165, 1.54) is 24.3 Å². The first-order valence-corrected chi connectivity index (χ1v) is 12.2. The minimum atomic E-state index is -4.70. The van der Waals surface area contributed by atoms with E-state index in [2.05, 4.69) is 10.3 Å². The van der Waals surface area contributed by atoms with Crippen molar-refractivity contribution < 1.29 is 22.8 Å². The third-order valence-corrected chi connectivity index (χ3v) is 8.14. The van der Waals surface area contributed by atoms with Crippen molar-refractivity contribution in [2.24, 2.45) is 5.73 Å². The van der Waals surface area contributed by atoms with Gasteiger partial charge in [0.25, 0.3) is 5.91 Å². The highest BCUT2D eigenvalue weighted by Gasteiger charge is 2.80. The molecule has 3 aromatic rings. The maximum atomic E-state index is 12.8. The van der Waals surface area contributed by atoms with Gasteiger partial charge in [0.2, 0.25) is 5.91 Å². The van der Waals surface area contributed by atoms with E-state index in [4.69, 9.17) is 63.7 Å². The van der Waals surface area contributed by atoms with Crippen molar-refractivity contribution in [3.63, 3.8) is 0 Å². The van der Waals surface area contributed by atoms with E-state index in [-0.39, 0.29) is 26.3 Å². The molecule has 1 aliphatic rings. The van der Waals surface area contributed by atoms with Gasteiger partial charge in [0.1, 0.15) is 9.75 Å². The zero-order chi connectivity index (χ0) is 25.9. The summed E-state index contributed by atoms with van der Waals surface area (Å²) in [6.45, 7) is 0. The van der Waals surface area contributed by atoms with Crippen LogP contribution in [-0.2, 0) is 16.4 Å². The van der Waals surface area contributed by atoms with Crippen LogP contribution in [0.3, 0.4) is 0 Å². The van der Waals surface area contributed by atoms with Crippen molar-refractivity contribution in [2.75, 3.05) is 5.32 Å². The maximum absolute atomic E-state index is 12.8. The van der Waals surface area contributed by atoms with E-state index < -0.39 is 44.4 Å². The number of primary amides is 1. The predicted octanol–water partition coefficient (Wildman–Crippen LogP) is 7.07. The van der Waals surface area contributed by atoms with E-state index in [1.807, 2.05) is 0 Å². The first-order chi connectivity index (χ1) is 16.2. The number of rotatable bonds is 5. The molecule has 14 heteroatoms. The molecule has 0 spiro atoms. The van der Waals surface area contributed by atoms with Crippen molar-refractivity contribution in [1.29, 1.82) is 0 Å². The predicted molar refractivity (Wildman–Crippen MR) is 131 cm³/mol. The molecular formula is C21H11Cl5F3N3O2S. The molecule has 3 N–H and O–H groups in total. The SMILES string of the molecule is NC(=O)C1(c2ccc(Cl)c(NC(=O)c3nc(C(F)(F)F)cs3)c2)C(c2cc(Cl)cc(Cl)c2)C1(Cl)Cl. The van der Waals surface area contributed by atoms with Gasteiger partial charge in [0, 0.05) is 21.3 Å². The van der Waals surface area contributed by atoms with Crippen LogP contribution in [0.4, 0.5) is 18.9 Å². The number of amides is 2. The molecular weight excluding hydrogens is 593 g/mol. The van der Waals surface area contributed by atoms with Crippen LogP contribution in [0.2, 0.25) is 15.1 Å². The molecule has 2 atom stereocenters. The molecule has 35 heavy (non-hydrogen) atoms. The Morgan fingerprint density at radius 1 is 1.06 bits per heavy atom. The molecule has 2 unspecified atom stereocenters. The summed E-state index contributed by atoms with van der Waals surface area (Å²) in [6, 6.07) is 8.73. The van der Waals surface area contributed by atoms with Crippen LogP contribution in [0.15, 0.2) is 41.8 Å². The van der Waals surface area contributed by atoms with Gasteiger partial charge in [0.15, 0.2) is 10.7 Å². The second kappa shape index (κ2) is 8.97. The second-order valence-electron chi connectivity index (χ2n) is 7.62. The van der Waals surface area contributed by atoms with Gasteiger partial charge in [-0.2, -0.15) is 13.2 Å². The molecule has 1 fully saturated rings. The fourth-order valence-electron chi connectivity index (χ4n) is 3.96. The summed E-state index contributed by atoms with van der Waals surface area (Å²) in [5.74, 6) is -2.65. The van der Waals surface area contributed by atoms with Gasteiger partial charge in [0.05, 0.1) is 10.7 Å². The fourth-order valence-corrected chi connectivity index (χ4v) is 6.48. The average molecular weight is 604 g/mol. The number of benzene rings is 2. The third kappa shape index (κ3) is 4.47. The summed E-state index contributed by atoms with van der Waals surface area (Å²) in [6.07, 6.45) is -4.70. The first kappa shape index (κ1) is 26.3. The average Bonchev–Trinajstić information content (AvgIpc) is 3.04. The van der Waals surface area contributed by atoms with Crippen LogP contribution in [0.1, 0.15) is 32.5 Å². The van der Waals surface area contributed by atoms with Crippen LogP contribution < -0.4 is 11.1 Å². The van der Waals surface area contributed by atoms with Gasteiger partial charge >= 0.3 is 6.18 Å². The summed E-state index contributed by atoms with van der Waals surface area (Å²) in [5, 5.41) is 3.28. The highest BCUT2D eigenvalue weighted by Crippen LogP contribution is 2.74. The molecule has 1 aromatic heterocycles. The summed E-state index contributed by atoms with van der Waals surface area (Å²) in [4.78, 5) is 28.6. The Bertz CT molecular complexity index is 1340. The molecule has 0 saturated heterocycles. The smallest absolute Gasteiger partial charge is 0.369 e.